The molecule has 0 amide bonds. The number of hydrogen-bond acceptors (Lipinski definition) is 6. The highest BCUT2D eigenvalue weighted by molar-refractivity contribution is 6.50. The van der Waals surface area contributed by atoms with Crippen LogP contribution in [-0.4, -0.2) is 37.9 Å². The van der Waals surface area contributed by atoms with Crippen LogP contribution in [0.25, 0.3) is 22.0 Å². The van der Waals surface area contributed by atoms with Gasteiger partial charge in [-0.15, -0.1) is 0 Å². The van der Waals surface area contributed by atoms with E-state index in [9.17, 15) is 4.79 Å². The van der Waals surface area contributed by atoms with Crippen molar-refractivity contribution < 1.29 is 18.9 Å². The highest BCUT2D eigenvalue weighted by Gasteiger charge is 2.13. The second-order valence-corrected chi connectivity index (χ2v) is 6.55. The SMILES string of the molecule is C=CCOc1ccc(/C=C(\Cl)c2nc3cc(OC)c(OC)cc3c(=O)[nH]2)cc1OC. The molecule has 7 nitrogen and oxygen atoms in total. The predicted molar refractivity (Wildman–Crippen MR) is 118 cm³/mol. The van der Waals surface area contributed by atoms with Crippen LogP contribution in [-0.2, 0) is 0 Å². The van der Waals surface area contributed by atoms with E-state index >= 15 is 0 Å². The molecule has 30 heavy (non-hydrogen) atoms. The van der Waals surface area contributed by atoms with E-state index in [1.807, 2.05) is 6.07 Å². The molecule has 0 radical (unpaired) electrons. The summed E-state index contributed by atoms with van der Waals surface area (Å²) in [4.78, 5) is 19.7. The molecular weight excluding hydrogens is 408 g/mol. The summed E-state index contributed by atoms with van der Waals surface area (Å²) in [6.07, 6.45) is 3.32. The number of nitrogens with one attached hydrogen (secondary N) is 1. The summed E-state index contributed by atoms with van der Waals surface area (Å²) in [5.41, 5.74) is 0.842. The van der Waals surface area contributed by atoms with Crippen molar-refractivity contribution >= 4 is 33.6 Å². The average Bonchev–Trinajstić information content (AvgIpc) is 2.76. The van der Waals surface area contributed by atoms with E-state index in [0.29, 0.717) is 40.5 Å². The zero-order chi connectivity index (χ0) is 21.7. The largest absolute Gasteiger partial charge is 0.493 e. The van der Waals surface area contributed by atoms with Crippen LogP contribution in [0.3, 0.4) is 0 Å². The van der Waals surface area contributed by atoms with Crippen molar-refractivity contribution in [3.05, 3.63) is 64.7 Å². The molecule has 0 aliphatic heterocycles. The first-order valence-corrected chi connectivity index (χ1v) is 9.33. The van der Waals surface area contributed by atoms with Crippen LogP contribution in [0.4, 0.5) is 0 Å². The molecule has 0 fully saturated rings. The minimum Gasteiger partial charge on any atom is -0.493 e. The quantitative estimate of drug-likeness (QED) is 0.540. The topological polar surface area (TPSA) is 82.7 Å². The van der Waals surface area contributed by atoms with Crippen molar-refractivity contribution in [2.75, 3.05) is 27.9 Å². The molecule has 3 rings (SSSR count). The Hall–Kier alpha value is -3.45. The lowest BCUT2D eigenvalue weighted by atomic mass is 10.1. The van der Waals surface area contributed by atoms with Crippen LogP contribution in [0.5, 0.6) is 23.0 Å². The maximum absolute atomic E-state index is 12.5. The number of rotatable bonds is 8. The Bertz CT molecular complexity index is 1170. The molecule has 1 N–H and O–H groups in total. The van der Waals surface area contributed by atoms with Gasteiger partial charge in [-0.1, -0.05) is 30.3 Å². The van der Waals surface area contributed by atoms with Crippen molar-refractivity contribution in [2.24, 2.45) is 0 Å². The molecular formula is C22H21ClN2O5. The van der Waals surface area contributed by atoms with E-state index < -0.39 is 0 Å². The minimum absolute atomic E-state index is 0.229. The Morgan fingerprint density at radius 2 is 1.73 bits per heavy atom. The monoisotopic (exact) mass is 428 g/mol. The van der Waals surface area contributed by atoms with Crippen molar-refractivity contribution in [1.82, 2.24) is 9.97 Å². The zero-order valence-electron chi connectivity index (χ0n) is 16.8. The Morgan fingerprint density at radius 1 is 1.07 bits per heavy atom. The summed E-state index contributed by atoms with van der Waals surface area (Å²) < 4.78 is 21.4. The molecule has 8 heteroatoms. The molecule has 0 aliphatic carbocycles. The number of ether oxygens (including phenoxy) is 4. The molecule has 156 valence electrons. The van der Waals surface area contributed by atoms with Crippen molar-refractivity contribution in [2.45, 2.75) is 0 Å². The van der Waals surface area contributed by atoms with Crippen LogP contribution < -0.4 is 24.5 Å². The maximum Gasteiger partial charge on any atom is 0.259 e. The summed E-state index contributed by atoms with van der Waals surface area (Å²) in [5.74, 6) is 2.27. The van der Waals surface area contributed by atoms with Crippen LogP contribution in [0.1, 0.15) is 11.4 Å². The molecule has 0 aliphatic rings. The van der Waals surface area contributed by atoms with Crippen LogP contribution >= 0.6 is 11.6 Å². The van der Waals surface area contributed by atoms with Crippen LogP contribution in [0.15, 0.2) is 47.8 Å². The molecule has 0 saturated carbocycles. The Morgan fingerprint density at radius 3 is 2.40 bits per heavy atom. The van der Waals surface area contributed by atoms with Gasteiger partial charge in [0.1, 0.15) is 6.61 Å². The Balaban J connectivity index is 2.01. The third-order valence-corrected chi connectivity index (χ3v) is 4.56. The lowest BCUT2D eigenvalue weighted by Crippen LogP contribution is -2.11. The maximum atomic E-state index is 12.5. The van der Waals surface area contributed by atoms with E-state index in [1.165, 1.54) is 14.2 Å². The fourth-order valence-electron chi connectivity index (χ4n) is 2.84. The first kappa shape index (κ1) is 21.3. The van der Waals surface area contributed by atoms with Gasteiger partial charge in [0, 0.05) is 6.07 Å². The van der Waals surface area contributed by atoms with Gasteiger partial charge < -0.3 is 23.9 Å². The number of halogens is 1. The highest BCUT2D eigenvalue weighted by atomic mass is 35.5. The number of fused-ring (bicyclic) bond motifs is 1. The third-order valence-electron chi connectivity index (χ3n) is 4.27. The molecule has 1 heterocycles. The summed E-state index contributed by atoms with van der Waals surface area (Å²) in [6, 6.07) is 8.57. The molecule has 0 spiro atoms. The first-order valence-electron chi connectivity index (χ1n) is 8.96. The van der Waals surface area contributed by atoms with Gasteiger partial charge in [-0.2, -0.15) is 0 Å². The summed E-state index contributed by atoms with van der Waals surface area (Å²) in [6.45, 7) is 3.99. The standard InChI is InChI=1S/C22H21ClN2O5/c1-5-8-30-17-7-6-13(10-18(17)27-2)9-15(23)21-24-16-12-20(29-4)19(28-3)11-14(16)22(26)25-21/h5-7,9-12H,1,8H2,2-4H3,(H,24,25,26)/b15-9-. The van der Waals surface area contributed by atoms with E-state index in [0.717, 1.165) is 5.56 Å². The predicted octanol–water partition coefficient (Wildman–Crippen LogP) is 4.25. The van der Waals surface area contributed by atoms with Crippen LogP contribution in [0.2, 0.25) is 0 Å². The van der Waals surface area contributed by atoms with Gasteiger partial charge >= 0.3 is 0 Å². The zero-order valence-corrected chi connectivity index (χ0v) is 17.6. The van der Waals surface area contributed by atoms with E-state index in [-0.39, 0.29) is 16.4 Å². The molecule has 0 unspecified atom stereocenters. The normalized spacial score (nSPS) is 11.3. The number of hydrogen-bond donors (Lipinski definition) is 1. The number of nitrogens with zero attached hydrogens (tertiary/aromatic N) is 1. The lowest BCUT2D eigenvalue weighted by Gasteiger charge is -2.10. The second kappa shape index (κ2) is 9.37. The molecule has 2 aromatic carbocycles. The first-order chi connectivity index (χ1) is 14.5. The van der Waals surface area contributed by atoms with Gasteiger partial charge in [0.15, 0.2) is 28.8 Å². The van der Waals surface area contributed by atoms with Gasteiger partial charge in [-0.05, 0) is 29.8 Å². The number of aromatic nitrogens is 2. The number of benzene rings is 2. The molecule has 0 atom stereocenters. The van der Waals surface area contributed by atoms with Crippen molar-refractivity contribution in [3.63, 3.8) is 0 Å². The summed E-state index contributed by atoms with van der Waals surface area (Å²) in [7, 11) is 4.57. The van der Waals surface area contributed by atoms with Gasteiger partial charge in [-0.25, -0.2) is 4.98 Å². The number of methoxy groups -OCH3 is 3. The smallest absolute Gasteiger partial charge is 0.259 e. The van der Waals surface area contributed by atoms with Crippen molar-refractivity contribution in [1.29, 1.82) is 0 Å². The van der Waals surface area contributed by atoms with E-state index in [4.69, 9.17) is 30.5 Å². The molecule has 1 aromatic heterocycles. The van der Waals surface area contributed by atoms with Gasteiger partial charge in [0.2, 0.25) is 0 Å². The Kier molecular flexibility index (Phi) is 6.64. The fraction of sp³-hybridized carbons (Fsp3) is 0.182. The summed E-state index contributed by atoms with van der Waals surface area (Å²) >= 11 is 6.45. The lowest BCUT2D eigenvalue weighted by molar-refractivity contribution is 0.326. The number of aromatic amines is 1. The second-order valence-electron chi connectivity index (χ2n) is 6.14. The highest BCUT2D eigenvalue weighted by Crippen LogP contribution is 2.32. The van der Waals surface area contributed by atoms with Gasteiger partial charge in [0.05, 0.1) is 37.3 Å². The molecule has 0 saturated heterocycles. The molecule has 3 aromatic rings. The van der Waals surface area contributed by atoms with Crippen molar-refractivity contribution in [3.8, 4) is 23.0 Å². The minimum atomic E-state index is -0.340. The van der Waals surface area contributed by atoms with E-state index in [2.05, 4.69) is 16.5 Å². The summed E-state index contributed by atoms with van der Waals surface area (Å²) in [5, 5.41) is 0.622. The Labute approximate surface area is 178 Å². The van der Waals surface area contributed by atoms with Gasteiger partial charge in [0.25, 0.3) is 5.56 Å². The third kappa shape index (κ3) is 4.41. The number of H-pyrrole nitrogens is 1. The fourth-order valence-corrected chi connectivity index (χ4v) is 3.05. The average molecular weight is 429 g/mol. The van der Waals surface area contributed by atoms with E-state index in [1.54, 1.807) is 43.5 Å². The molecule has 0 bridgehead atoms. The van der Waals surface area contributed by atoms with Gasteiger partial charge in [-0.3, -0.25) is 4.79 Å². The van der Waals surface area contributed by atoms with Crippen LogP contribution in [0, 0.1) is 0 Å².